The highest BCUT2D eigenvalue weighted by atomic mass is 16.6. The monoisotopic (exact) mass is 414 g/mol. The molecule has 30 heavy (non-hydrogen) atoms. The van der Waals surface area contributed by atoms with Crippen molar-refractivity contribution >= 4 is 17.6 Å². The fourth-order valence-corrected chi connectivity index (χ4v) is 3.13. The number of nitro groups is 1. The first kappa shape index (κ1) is 23.0. The third-order valence-electron chi connectivity index (χ3n) is 4.90. The van der Waals surface area contributed by atoms with Gasteiger partial charge in [-0.1, -0.05) is 24.3 Å². The zero-order chi connectivity index (χ0) is 22.1. The summed E-state index contributed by atoms with van der Waals surface area (Å²) in [5.41, 5.74) is 1.81. The number of nitro benzene ring substituents is 1. The highest BCUT2D eigenvalue weighted by molar-refractivity contribution is 5.99. The van der Waals surface area contributed by atoms with Crippen LogP contribution in [0.2, 0.25) is 0 Å². The van der Waals surface area contributed by atoms with Gasteiger partial charge in [0.05, 0.1) is 30.2 Å². The van der Waals surface area contributed by atoms with E-state index in [2.05, 4.69) is 19.2 Å². The van der Waals surface area contributed by atoms with Gasteiger partial charge in [-0.05, 0) is 32.4 Å². The molecular weight excluding hydrogens is 386 g/mol. The number of nitrogens with one attached hydrogen (secondary N) is 2. The Bertz CT molecular complexity index is 909. The van der Waals surface area contributed by atoms with E-state index < -0.39 is 16.8 Å². The largest absolute Gasteiger partial charge is 0.462 e. The van der Waals surface area contributed by atoms with E-state index in [1.165, 1.54) is 11.0 Å². The van der Waals surface area contributed by atoms with E-state index in [1.807, 2.05) is 24.3 Å². The fourth-order valence-electron chi connectivity index (χ4n) is 3.13. The number of esters is 1. The number of benzene rings is 2. The van der Waals surface area contributed by atoms with Crippen molar-refractivity contribution < 1.29 is 24.1 Å². The SMILES string of the molecule is CCOC(=O)c1cc(C(=O)NCc2ccccc2C[NH+](CC)CC)cc([N+](=O)[O-])c1. The molecule has 0 aliphatic heterocycles. The third kappa shape index (κ3) is 6.12. The molecule has 0 atom stereocenters. The van der Waals surface area contributed by atoms with Crippen LogP contribution >= 0.6 is 0 Å². The number of quaternary nitrogens is 1. The Balaban J connectivity index is 2.21. The summed E-state index contributed by atoms with van der Waals surface area (Å²) >= 11 is 0. The first-order valence-electron chi connectivity index (χ1n) is 10.0. The molecule has 0 spiro atoms. The Hall–Kier alpha value is -3.26. The van der Waals surface area contributed by atoms with Crippen LogP contribution in [0, 0.1) is 10.1 Å². The van der Waals surface area contributed by atoms with Gasteiger partial charge in [0.25, 0.3) is 11.6 Å². The lowest BCUT2D eigenvalue weighted by molar-refractivity contribution is -0.910. The van der Waals surface area contributed by atoms with Crippen LogP contribution in [-0.4, -0.2) is 36.5 Å². The average Bonchev–Trinajstić information content (AvgIpc) is 2.76. The van der Waals surface area contributed by atoms with E-state index in [9.17, 15) is 19.7 Å². The molecular formula is C22H28N3O5+. The molecule has 8 heteroatoms. The summed E-state index contributed by atoms with van der Waals surface area (Å²) in [6, 6.07) is 11.5. The van der Waals surface area contributed by atoms with E-state index in [0.29, 0.717) is 0 Å². The summed E-state index contributed by atoms with van der Waals surface area (Å²) in [4.78, 5) is 36.7. The van der Waals surface area contributed by atoms with Crippen LogP contribution in [0.5, 0.6) is 0 Å². The van der Waals surface area contributed by atoms with Crippen LogP contribution in [0.4, 0.5) is 5.69 Å². The van der Waals surface area contributed by atoms with Gasteiger partial charge in [0, 0.05) is 29.8 Å². The second kappa shape index (κ2) is 11.1. The van der Waals surface area contributed by atoms with Gasteiger partial charge in [-0.2, -0.15) is 0 Å². The van der Waals surface area contributed by atoms with Crippen molar-refractivity contribution in [3.8, 4) is 0 Å². The molecule has 0 unspecified atom stereocenters. The van der Waals surface area contributed by atoms with Crippen LogP contribution in [0.15, 0.2) is 42.5 Å². The smallest absolute Gasteiger partial charge is 0.338 e. The minimum Gasteiger partial charge on any atom is -0.462 e. The quantitative estimate of drug-likeness (QED) is 0.352. The Labute approximate surface area is 176 Å². The van der Waals surface area contributed by atoms with Crippen molar-refractivity contribution in [1.82, 2.24) is 5.32 Å². The number of carbonyl (C=O) groups is 2. The second-order valence-corrected chi connectivity index (χ2v) is 6.83. The van der Waals surface area contributed by atoms with E-state index in [0.717, 1.165) is 42.9 Å². The Morgan fingerprint density at radius 1 is 1.03 bits per heavy atom. The molecule has 0 saturated heterocycles. The molecule has 2 N–H and O–H groups in total. The lowest BCUT2D eigenvalue weighted by atomic mass is 10.1. The van der Waals surface area contributed by atoms with Crippen LogP contribution in [0.3, 0.4) is 0 Å². The molecule has 0 heterocycles. The fraction of sp³-hybridized carbons (Fsp3) is 0.364. The van der Waals surface area contributed by atoms with Gasteiger partial charge in [0.2, 0.25) is 0 Å². The molecule has 0 bridgehead atoms. The second-order valence-electron chi connectivity index (χ2n) is 6.83. The predicted octanol–water partition coefficient (Wildman–Crippen LogP) is 2.13. The predicted molar refractivity (Wildman–Crippen MR) is 112 cm³/mol. The van der Waals surface area contributed by atoms with Crippen molar-refractivity contribution in [3.05, 3.63) is 74.8 Å². The maximum Gasteiger partial charge on any atom is 0.338 e. The van der Waals surface area contributed by atoms with Crippen LogP contribution in [0.25, 0.3) is 0 Å². The molecule has 2 aromatic carbocycles. The van der Waals surface area contributed by atoms with Gasteiger partial charge in [0.15, 0.2) is 0 Å². The van der Waals surface area contributed by atoms with E-state index >= 15 is 0 Å². The summed E-state index contributed by atoms with van der Waals surface area (Å²) < 4.78 is 4.91. The molecule has 0 aromatic heterocycles. The van der Waals surface area contributed by atoms with Crippen molar-refractivity contribution in [2.45, 2.75) is 33.9 Å². The van der Waals surface area contributed by atoms with Crippen LogP contribution in [0.1, 0.15) is 52.6 Å². The van der Waals surface area contributed by atoms with Crippen molar-refractivity contribution in [2.75, 3.05) is 19.7 Å². The molecule has 2 rings (SSSR count). The Morgan fingerprint density at radius 3 is 2.27 bits per heavy atom. The molecule has 0 aliphatic carbocycles. The number of carbonyl (C=O) groups excluding carboxylic acids is 2. The molecule has 2 aromatic rings. The number of hydrogen-bond donors (Lipinski definition) is 2. The number of amides is 1. The van der Waals surface area contributed by atoms with Gasteiger partial charge < -0.3 is 15.0 Å². The highest BCUT2D eigenvalue weighted by Gasteiger charge is 2.19. The maximum atomic E-state index is 12.7. The first-order valence-corrected chi connectivity index (χ1v) is 10.0. The van der Waals surface area contributed by atoms with Gasteiger partial charge in [-0.3, -0.25) is 14.9 Å². The molecule has 8 nitrogen and oxygen atoms in total. The van der Waals surface area contributed by atoms with Crippen LogP contribution < -0.4 is 10.2 Å². The number of ether oxygens (including phenoxy) is 1. The van der Waals surface area contributed by atoms with Gasteiger partial charge in [-0.25, -0.2) is 4.79 Å². The molecule has 160 valence electrons. The number of nitrogens with zero attached hydrogens (tertiary/aromatic N) is 1. The normalized spacial score (nSPS) is 10.7. The van der Waals surface area contributed by atoms with Gasteiger partial charge in [-0.15, -0.1) is 0 Å². The third-order valence-corrected chi connectivity index (χ3v) is 4.90. The van der Waals surface area contributed by atoms with Gasteiger partial charge >= 0.3 is 5.97 Å². The summed E-state index contributed by atoms with van der Waals surface area (Å²) in [5.74, 6) is -1.20. The van der Waals surface area contributed by atoms with Gasteiger partial charge in [0.1, 0.15) is 6.54 Å². The van der Waals surface area contributed by atoms with E-state index in [1.54, 1.807) is 6.92 Å². The first-order chi connectivity index (χ1) is 14.4. The Kier molecular flexibility index (Phi) is 8.49. The molecule has 0 radical (unpaired) electrons. The zero-order valence-electron chi connectivity index (χ0n) is 17.6. The lowest BCUT2D eigenvalue weighted by Crippen LogP contribution is -3.10. The highest BCUT2D eigenvalue weighted by Crippen LogP contribution is 2.18. The minimum absolute atomic E-state index is 0.0262. The summed E-state index contributed by atoms with van der Waals surface area (Å²) in [6.45, 7) is 9.17. The molecule has 1 amide bonds. The van der Waals surface area contributed by atoms with Crippen molar-refractivity contribution in [3.63, 3.8) is 0 Å². The zero-order valence-corrected chi connectivity index (χ0v) is 17.6. The summed E-state index contributed by atoms with van der Waals surface area (Å²) in [6.07, 6.45) is 0. The summed E-state index contributed by atoms with van der Waals surface area (Å²) in [7, 11) is 0. The minimum atomic E-state index is -0.706. The number of hydrogen-bond acceptors (Lipinski definition) is 5. The molecule has 0 saturated carbocycles. The van der Waals surface area contributed by atoms with Crippen molar-refractivity contribution in [1.29, 1.82) is 0 Å². The van der Waals surface area contributed by atoms with Crippen molar-refractivity contribution in [2.24, 2.45) is 0 Å². The number of non-ortho nitro benzene ring substituents is 1. The Morgan fingerprint density at radius 2 is 1.67 bits per heavy atom. The topological polar surface area (TPSA) is 103 Å². The maximum absolute atomic E-state index is 12.7. The summed E-state index contributed by atoms with van der Waals surface area (Å²) in [5, 5.41) is 14.0. The lowest BCUT2D eigenvalue weighted by Gasteiger charge is -2.18. The van der Waals surface area contributed by atoms with E-state index in [-0.39, 0.29) is 30.0 Å². The molecule has 0 aliphatic rings. The van der Waals surface area contributed by atoms with Crippen LogP contribution in [-0.2, 0) is 17.8 Å². The van der Waals surface area contributed by atoms with E-state index in [4.69, 9.17) is 4.74 Å². The molecule has 0 fully saturated rings. The average molecular weight is 414 g/mol. The standard InChI is InChI=1S/C22H27N3O5/c1-4-24(5-2)15-17-10-8-7-9-16(17)14-23-21(26)18-11-19(22(27)30-6-3)13-20(12-18)25(28)29/h7-13H,4-6,14-15H2,1-3H3,(H,23,26)/p+1. The number of rotatable bonds is 10.